The summed E-state index contributed by atoms with van der Waals surface area (Å²) in [6.45, 7) is 1.26. The maximum absolute atomic E-state index is 12.9. The van der Waals surface area contributed by atoms with Crippen LogP contribution >= 0.6 is 27.5 Å². The predicted molar refractivity (Wildman–Crippen MR) is 106 cm³/mol. The molecule has 2 heterocycles. The Morgan fingerprint density at radius 3 is 2.73 bits per heavy atom. The molecule has 0 aliphatic carbocycles. The fraction of sp³-hybridized carbons (Fsp3) is 0.118. The first-order valence-corrected chi connectivity index (χ1v) is 9.92. The van der Waals surface area contributed by atoms with Crippen LogP contribution in [0, 0.1) is 0 Å². The summed E-state index contributed by atoms with van der Waals surface area (Å²) in [6.07, 6.45) is 1.51. The second kappa shape index (κ2) is 7.40. The number of nitrogens with zero attached hydrogens (tertiary/aromatic N) is 1. The number of nitrogens with two attached hydrogens (primary N) is 1. The van der Waals surface area contributed by atoms with Crippen LogP contribution in [-0.2, 0) is 16.9 Å². The van der Waals surface area contributed by atoms with Crippen LogP contribution < -0.4 is 11.2 Å². The number of anilines is 1. The molecule has 9 heteroatoms. The summed E-state index contributed by atoms with van der Waals surface area (Å²) in [4.78, 5) is 31.9. The van der Waals surface area contributed by atoms with Gasteiger partial charge in [0.15, 0.2) is 5.78 Å². The van der Waals surface area contributed by atoms with E-state index in [0.29, 0.717) is 21.4 Å². The Morgan fingerprint density at radius 1 is 1.38 bits per heavy atom. The third kappa shape index (κ3) is 3.50. The molecule has 0 saturated heterocycles. The smallest absolute Gasteiger partial charge is 0.238 e. The SMILES string of the molecule is CC(=O)c1c([S+]([O-])Cc2ccc(N)nc2)[nH]c2c(Br)ccc(Cl)c2c1=O. The summed E-state index contributed by atoms with van der Waals surface area (Å²) < 4.78 is 13.5. The summed E-state index contributed by atoms with van der Waals surface area (Å²) in [5.41, 5.74) is 5.91. The first kappa shape index (κ1) is 18.9. The summed E-state index contributed by atoms with van der Waals surface area (Å²) >= 11 is 7.81. The molecule has 0 aliphatic rings. The van der Waals surface area contributed by atoms with Gasteiger partial charge in [-0.3, -0.25) is 9.59 Å². The molecule has 3 aromatic rings. The number of benzene rings is 1. The second-order valence-corrected chi connectivity index (χ2v) is 8.22. The highest BCUT2D eigenvalue weighted by molar-refractivity contribution is 9.10. The summed E-state index contributed by atoms with van der Waals surface area (Å²) in [5.74, 6) is -0.0580. The topological polar surface area (TPSA) is 112 Å². The number of H-pyrrole nitrogens is 1. The van der Waals surface area contributed by atoms with Gasteiger partial charge in [-0.05, 0) is 47.1 Å². The first-order chi connectivity index (χ1) is 12.3. The number of pyridine rings is 2. The lowest BCUT2D eigenvalue weighted by Crippen LogP contribution is -2.22. The lowest BCUT2D eigenvalue weighted by Gasteiger charge is -2.14. The molecule has 134 valence electrons. The zero-order valence-electron chi connectivity index (χ0n) is 13.5. The molecule has 0 saturated carbocycles. The Morgan fingerprint density at radius 2 is 2.12 bits per heavy atom. The summed E-state index contributed by atoms with van der Waals surface area (Å²) in [7, 11) is 0. The molecular weight excluding hydrogens is 442 g/mol. The van der Waals surface area contributed by atoms with E-state index in [9.17, 15) is 14.1 Å². The van der Waals surface area contributed by atoms with Crippen LogP contribution in [0.2, 0.25) is 5.02 Å². The molecule has 0 radical (unpaired) electrons. The van der Waals surface area contributed by atoms with Crippen molar-refractivity contribution in [3.8, 4) is 0 Å². The molecule has 1 unspecified atom stereocenters. The maximum atomic E-state index is 12.9. The zero-order chi connectivity index (χ0) is 19.0. The Labute approximate surface area is 165 Å². The third-order valence-electron chi connectivity index (χ3n) is 3.75. The molecule has 0 bridgehead atoms. The van der Waals surface area contributed by atoms with Crippen molar-refractivity contribution < 1.29 is 9.35 Å². The minimum Gasteiger partial charge on any atom is -0.610 e. The van der Waals surface area contributed by atoms with E-state index in [4.69, 9.17) is 17.3 Å². The van der Waals surface area contributed by atoms with Crippen LogP contribution in [0.1, 0.15) is 22.8 Å². The Bertz CT molecular complexity index is 1070. The number of fused-ring (bicyclic) bond motifs is 1. The van der Waals surface area contributed by atoms with Crippen molar-refractivity contribution in [1.82, 2.24) is 9.97 Å². The fourth-order valence-electron chi connectivity index (χ4n) is 2.54. The van der Waals surface area contributed by atoms with Gasteiger partial charge in [-0.1, -0.05) is 11.6 Å². The normalized spacial score (nSPS) is 12.3. The molecule has 3 rings (SSSR count). The number of carbonyl (C=O) groups excluding carboxylic acids is 1. The van der Waals surface area contributed by atoms with E-state index in [2.05, 4.69) is 25.9 Å². The summed E-state index contributed by atoms with van der Waals surface area (Å²) in [6, 6.07) is 6.52. The average Bonchev–Trinajstić information content (AvgIpc) is 2.59. The van der Waals surface area contributed by atoms with E-state index in [0.717, 1.165) is 0 Å². The largest absolute Gasteiger partial charge is 0.610 e. The zero-order valence-corrected chi connectivity index (χ0v) is 16.7. The number of nitrogens with one attached hydrogen (secondary N) is 1. The van der Waals surface area contributed by atoms with Crippen LogP contribution in [-0.4, -0.2) is 20.3 Å². The minimum absolute atomic E-state index is 0.0646. The highest BCUT2D eigenvalue weighted by Gasteiger charge is 2.27. The number of hydrogen-bond donors (Lipinski definition) is 2. The second-order valence-electron chi connectivity index (χ2n) is 5.57. The Hall–Kier alpha value is -1.87. The van der Waals surface area contributed by atoms with Crippen molar-refractivity contribution in [2.45, 2.75) is 17.7 Å². The van der Waals surface area contributed by atoms with E-state index >= 15 is 0 Å². The van der Waals surface area contributed by atoms with Gasteiger partial charge in [0.05, 0.1) is 15.9 Å². The highest BCUT2D eigenvalue weighted by atomic mass is 79.9. The van der Waals surface area contributed by atoms with Crippen LogP contribution in [0.25, 0.3) is 10.9 Å². The molecule has 6 nitrogen and oxygen atoms in total. The highest BCUT2D eigenvalue weighted by Crippen LogP contribution is 2.29. The average molecular weight is 455 g/mol. The number of aromatic nitrogens is 2. The van der Waals surface area contributed by atoms with Crippen LogP contribution in [0.4, 0.5) is 5.82 Å². The molecule has 3 N–H and O–H groups in total. The number of carbonyl (C=O) groups is 1. The van der Waals surface area contributed by atoms with Crippen molar-refractivity contribution in [3.05, 3.63) is 61.3 Å². The van der Waals surface area contributed by atoms with Crippen LogP contribution in [0.3, 0.4) is 0 Å². The van der Waals surface area contributed by atoms with Gasteiger partial charge in [-0.15, -0.1) is 0 Å². The number of aromatic amines is 1. The maximum Gasteiger partial charge on any atom is 0.238 e. The van der Waals surface area contributed by atoms with Gasteiger partial charge in [-0.2, -0.15) is 0 Å². The standard InChI is InChI=1S/C17H13BrClN3O3S/c1-8(23)13-16(24)14-11(19)4-3-10(18)15(14)22-17(13)26(25)7-9-2-5-12(20)21-6-9/h2-6H,7H2,1H3,(H2,20,21)(H,22,24). The Kier molecular flexibility index (Phi) is 5.38. The van der Waals surface area contributed by atoms with Gasteiger partial charge >= 0.3 is 0 Å². The molecule has 26 heavy (non-hydrogen) atoms. The lowest BCUT2D eigenvalue weighted by atomic mass is 10.1. The molecule has 1 atom stereocenters. The van der Waals surface area contributed by atoms with Crippen molar-refractivity contribution in [2.75, 3.05) is 5.73 Å². The van der Waals surface area contributed by atoms with Gasteiger partial charge in [-0.25, -0.2) is 4.98 Å². The number of Topliss-reactive ketones (excluding diaryl/α,β-unsaturated/α-hetero) is 1. The van der Waals surface area contributed by atoms with Crippen molar-refractivity contribution >= 4 is 61.2 Å². The monoisotopic (exact) mass is 453 g/mol. The fourth-order valence-corrected chi connectivity index (χ4v) is 4.51. The number of halogens is 2. The van der Waals surface area contributed by atoms with Gasteiger partial charge < -0.3 is 15.3 Å². The van der Waals surface area contributed by atoms with Crippen LogP contribution in [0.15, 0.2) is 44.8 Å². The van der Waals surface area contributed by atoms with Crippen molar-refractivity contribution in [1.29, 1.82) is 0 Å². The number of nitrogen functional groups attached to an aromatic ring is 1. The minimum atomic E-state index is -1.68. The third-order valence-corrected chi connectivity index (χ3v) is 6.08. The van der Waals surface area contributed by atoms with E-state index in [-0.39, 0.29) is 26.8 Å². The molecule has 0 spiro atoms. The molecular formula is C17H13BrClN3O3S. The molecule has 1 aromatic carbocycles. The van der Waals surface area contributed by atoms with E-state index < -0.39 is 22.4 Å². The number of ketones is 1. The Balaban J connectivity index is 2.19. The molecule has 0 amide bonds. The molecule has 0 fully saturated rings. The van der Waals surface area contributed by atoms with Crippen molar-refractivity contribution in [3.63, 3.8) is 0 Å². The van der Waals surface area contributed by atoms with Gasteiger partial charge in [0.2, 0.25) is 10.5 Å². The van der Waals surface area contributed by atoms with Crippen LogP contribution in [0.5, 0.6) is 0 Å². The molecule has 2 aromatic heterocycles. The quantitative estimate of drug-likeness (QED) is 0.463. The van der Waals surface area contributed by atoms with E-state index in [1.165, 1.54) is 13.1 Å². The lowest BCUT2D eigenvalue weighted by molar-refractivity contribution is 0.101. The van der Waals surface area contributed by atoms with Gasteiger partial charge in [0.25, 0.3) is 0 Å². The van der Waals surface area contributed by atoms with E-state index in [1.54, 1.807) is 24.3 Å². The first-order valence-electron chi connectivity index (χ1n) is 7.43. The van der Waals surface area contributed by atoms with Gasteiger partial charge in [0.1, 0.15) is 17.1 Å². The van der Waals surface area contributed by atoms with Crippen molar-refractivity contribution in [2.24, 2.45) is 0 Å². The number of rotatable bonds is 4. The summed E-state index contributed by atoms with van der Waals surface area (Å²) in [5, 5.41) is 0.461. The predicted octanol–water partition coefficient (Wildman–Crippen LogP) is 3.43. The number of hydrogen-bond acceptors (Lipinski definition) is 5. The molecule has 0 aliphatic heterocycles. The van der Waals surface area contributed by atoms with Gasteiger partial charge in [0, 0.05) is 27.4 Å². The van der Waals surface area contributed by atoms with E-state index in [1.807, 2.05) is 0 Å².